The van der Waals surface area contributed by atoms with E-state index in [0.29, 0.717) is 7.98 Å². The van der Waals surface area contributed by atoms with E-state index in [4.69, 9.17) is 0 Å². The predicted octanol–water partition coefficient (Wildman–Crippen LogP) is -0.637. The third-order valence-corrected chi connectivity index (χ3v) is 0.882. The van der Waals surface area contributed by atoms with Crippen LogP contribution >= 0.6 is 0 Å². The lowest BCUT2D eigenvalue weighted by atomic mass is 10.3. The molecule has 1 saturated heterocycles. The van der Waals surface area contributed by atoms with E-state index in [2.05, 4.69) is 4.81 Å². The summed E-state index contributed by atoms with van der Waals surface area (Å²) >= 11 is 0. The van der Waals surface area contributed by atoms with Crippen LogP contribution in [0.15, 0.2) is 0 Å². The quantitative estimate of drug-likeness (QED) is 0.353. The third-order valence-electron chi connectivity index (χ3n) is 0.882. The molecular weight excluding hydrogens is 72.9 g/mol. The van der Waals surface area contributed by atoms with Crippen LogP contribution in [0.2, 0.25) is 0 Å². The minimum absolute atomic E-state index is 0.576. The highest BCUT2D eigenvalue weighted by Crippen LogP contribution is 2.01. The van der Waals surface area contributed by atoms with Crippen molar-refractivity contribution in [2.75, 3.05) is 13.1 Å². The highest BCUT2D eigenvalue weighted by Gasteiger charge is 1.98. The number of nitrogens with zero attached hydrogens (tertiary/aromatic N) is 1. The van der Waals surface area contributed by atoms with Crippen molar-refractivity contribution >= 4 is 7.98 Å². The van der Waals surface area contributed by atoms with E-state index in [-0.39, 0.29) is 0 Å². The van der Waals surface area contributed by atoms with Gasteiger partial charge in [0.1, 0.15) is 0 Å². The second kappa shape index (κ2) is 1.65. The van der Waals surface area contributed by atoms with Crippen LogP contribution in [-0.4, -0.2) is 25.9 Å². The van der Waals surface area contributed by atoms with Gasteiger partial charge in [-0.15, -0.1) is 0 Å². The van der Waals surface area contributed by atoms with E-state index in [1.807, 2.05) is 0 Å². The molecule has 0 radical (unpaired) electrons. The summed E-state index contributed by atoms with van der Waals surface area (Å²) in [5.74, 6) is 0. The van der Waals surface area contributed by atoms with E-state index < -0.39 is 0 Å². The van der Waals surface area contributed by atoms with Crippen LogP contribution in [0.3, 0.4) is 0 Å². The summed E-state index contributed by atoms with van der Waals surface area (Å²) in [6, 6.07) is 0. The first-order valence-electron chi connectivity index (χ1n) is 2.13. The average molecular weight is 84.0 g/mol. The average Bonchev–Trinajstić information content (AvgIpc) is 1.86. The molecule has 1 aliphatic heterocycles. The van der Waals surface area contributed by atoms with Crippen LogP contribution in [0.4, 0.5) is 0 Å². The van der Waals surface area contributed by atoms with Crippen molar-refractivity contribution in [1.29, 1.82) is 0 Å². The van der Waals surface area contributed by atoms with E-state index in [1.54, 1.807) is 0 Å². The molecule has 1 aliphatic rings. The van der Waals surface area contributed by atoms with Crippen LogP contribution in [0.25, 0.3) is 0 Å². The Hall–Kier alpha value is 0.0249. The smallest absolute Gasteiger partial charge is 0.0145 e. The molecule has 0 aromatic carbocycles. The summed E-state index contributed by atoms with van der Waals surface area (Å²) in [4.78, 5) is 2.61. The summed E-state index contributed by atoms with van der Waals surface area (Å²) in [6.45, 7) is 2.86. The molecule has 0 aliphatic carbocycles. The molecule has 0 saturated carbocycles. The molecule has 1 rings (SSSR count). The maximum Gasteiger partial charge on any atom is 0.0145 e. The first-order chi connectivity index (χ1) is 2.89. The summed E-state index contributed by atoms with van der Waals surface area (Å²) in [5, 5.41) is 0. The highest BCUT2D eigenvalue weighted by molar-refractivity contribution is 6.04. The SMILES string of the molecule is [BH3-]N1CCCC1. The van der Waals surface area contributed by atoms with Gasteiger partial charge in [-0.25, -0.2) is 0 Å². The Morgan fingerprint density at radius 3 is 1.83 bits per heavy atom. The first kappa shape index (κ1) is 4.19. The van der Waals surface area contributed by atoms with E-state index >= 15 is 0 Å². The molecule has 36 valence electrons. The number of rotatable bonds is 0. The summed E-state index contributed by atoms with van der Waals surface area (Å²) in [7, 11) is 0.576. The third kappa shape index (κ3) is 0.746. The Balaban J connectivity index is 2.18. The maximum atomic E-state index is 2.61. The van der Waals surface area contributed by atoms with Crippen molar-refractivity contribution in [2.45, 2.75) is 12.8 Å². The van der Waals surface area contributed by atoms with Gasteiger partial charge in [0.25, 0.3) is 0 Å². The lowest BCUT2D eigenvalue weighted by Crippen LogP contribution is -2.13. The summed E-state index contributed by atoms with van der Waals surface area (Å²) in [6.07, 6.45) is 2.95. The van der Waals surface area contributed by atoms with Gasteiger partial charge in [0, 0.05) is 7.98 Å². The molecule has 6 heavy (non-hydrogen) atoms. The largest absolute Gasteiger partial charge is 0.484 e. The van der Waals surface area contributed by atoms with Crippen LogP contribution < -0.4 is 0 Å². The monoisotopic (exact) mass is 84.1 g/mol. The van der Waals surface area contributed by atoms with Gasteiger partial charge < -0.3 is 4.81 Å². The van der Waals surface area contributed by atoms with Gasteiger partial charge >= 0.3 is 0 Å². The molecule has 2 heteroatoms. The second-order valence-electron chi connectivity index (χ2n) is 1.38. The van der Waals surface area contributed by atoms with Crippen molar-refractivity contribution < 1.29 is 0 Å². The van der Waals surface area contributed by atoms with Gasteiger partial charge in [-0.2, -0.15) is 0 Å². The molecular formula is C4H11BN-. The normalized spacial score (nSPS) is 25.5. The topological polar surface area (TPSA) is 3.24 Å². The fourth-order valence-electron chi connectivity index (χ4n) is 0.559. The molecule has 0 aromatic heterocycles. The van der Waals surface area contributed by atoms with Gasteiger partial charge in [-0.3, -0.25) is 0 Å². The van der Waals surface area contributed by atoms with E-state index in [0.717, 1.165) is 0 Å². The van der Waals surface area contributed by atoms with Crippen molar-refractivity contribution in [2.24, 2.45) is 0 Å². The van der Waals surface area contributed by atoms with Gasteiger partial charge in [0.05, 0.1) is 0 Å². The Labute approximate surface area is 39.8 Å². The number of hydrogen-bond acceptors (Lipinski definition) is 1. The standard InChI is InChI=1S/C4H11BN/c5-6-3-1-2-4-6/h1-4H2,5H3/q-1. The second-order valence-corrected chi connectivity index (χ2v) is 1.38. The zero-order valence-electron chi connectivity index (χ0n) is 3.28. The fraction of sp³-hybridized carbons (Fsp3) is 1.00. The first-order valence-corrected chi connectivity index (χ1v) is 2.13. The van der Waals surface area contributed by atoms with Gasteiger partial charge in [0.2, 0.25) is 0 Å². The lowest BCUT2D eigenvalue weighted by Gasteiger charge is -2.10. The van der Waals surface area contributed by atoms with Crippen LogP contribution in [0.5, 0.6) is 0 Å². The van der Waals surface area contributed by atoms with Crippen LogP contribution in [0.1, 0.15) is 12.8 Å². The number of hydrogen-bond donors (Lipinski definition) is 0. The van der Waals surface area contributed by atoms with Crippen molar-refractivity contribution in [3.8, 4) is 0 Å². The van der Waals surface area contributed by atoms with Crippen molar-refractivity contribution in [1.82, 2.24) is 4.81 Å². The predicted molar refractivity (Wildman–Crippen MR) is 30.7 cm³/mol. The molecule has 0 spiro atoms. The molecule has 1 heterocycles. The molecule has 1 fully saturated rings. The lowest BCUT2D eigenvalue weighted by molar-refractivity contribution is 0.565. The molecule has 1 nitrogen and oxygen atoms in total. The highest BCUT2D eigenvalue weighted by atomic mass is 15.0. The molecule has 0 N–H and O–H groups in total. The van der Waals surface area contributed by atoms with Crippen LogP contribution in [0, 0.1) is 0 Å². The zero-order valence-corrected chi connectivity index (χ0v) is 3.28. The van der Waals surface area contributed by atoms with E-state index in [1.165, 1.54) is 25.9 Å². The minimum atomic E-state index is 0.576. The van der Waals surface area contributed by atoms with Crippen molar-refractivity contribution in [3.05, 3.63) is 0 Å². The Bertz CT molecular complexity index is 40.8. The van der Waals surface area contributed by atoms with Gasteiger partial charge in [0.15, 0.2) is 0 Å². The fourth-order valence-corrected chi connectivity index (χ4v) is 0.559. The zero-order chi connectivity index (χ0) is 4.41. The molecule has 0 atom stereocenters. The van der Waals surface area contributed by atoms with E-state index in [9.17, 15) is 0 Å². The summed E-state index contributed by atoms with van der Waals surface area (Å²) < 4.78 is 0. The Kier molecular flexibility index (Phi) is 1.15. The van der Waals surface area contributed by atoms with Gasteiger partial charge in [-0.1, -0.05) is 0 Å². The Morgan fingerprint density at radius 1 is 1.17 bits per heavy atom. The maximum absolute atomic E-state index is 2.61. The molecule has 0 unspecified atom stereocenters. The molecule has 0 aromatic rings. The molecule has 0 amide bonds. The van der Waals surface area contributed by atoms with Crippen LogP contribution in [-0.2, 0) is 0 Å². The summed E-state index contributed by atoms with van der Waals surface area (Å²) in [5.41, 5.74) is 0. The Morgan fingerprint density at radius 2 is 1.67 bits per heavy atom. The minimum Gasteiger partial charge on any atom is -0.484 e. The molecule has 0 bridgehead atoms. The van der Waals surface area contributed by atoms with Gasteiger partial charge in [-0.05, 0) is 25.9 Å². The van der Waals surface area contributed by atoms with Crippen molar-refractivity contribution in [3.63, 3.8) is 0 Å².